The van der Waals surface area contributed by atoms with Gasteiger partial charge in [0, 0.05) is 11.4 Å². The maximum atomic E-state index is 6.14. The second kappa shape index (κ2) is 6.04. The van der Waals surface area contributed by atoms with Gasteiger partial charge in [-0.05, 0) is 83.3 Å². The molecular formula is C20H28N2. The average molecular weight is 296 g/mol. The van der Waals surface area contributed by atoms with Crippen LogP contribution in [-0.4, -0.2) is 0 Å². The molecule has 0 aliphatic carbocycles. The molecule has 0 unspecified atom stereocenters. The third kappa shape index (κ3) is 2.96. The molecule has 0 bridgehead atoms. The van der Waals surface area contributed by atoms with Crippen LogP contribution in [0, 0.1) is 13.8 Å². The smallest absolute Gasteiger partial charge is 0.0347 e. The number of anilines is 2. The predicted octanol–water partition coefficient (Wildman–Crippen LogP) is 5.38. The highest BCUT2D eigenvalue weighted by Gasteiger charge is 2.17. The molecule has 0 spiro atoms. The van der Waals surface area contributed by atoms with E-state index in [-0.39, 0.29) is 0 Å². The summed E-state index contributed by atoms with van der Waals surface area (Å²) in [5.74, 6) is 0.853. The quantitative estimate of drug-likeness (QED) is 0.747. The molecule has 0 saturated heterocycles. The van der Waals surface area contributed by atoms with Crippen LogP contribution in [0.4, 0.5) is 11.4 Å². The minimum atomic E-state index is 0.427. The Balaban J connectivity index is 2.81. The van der Waals surface area contributed by atoms with Gasteiger partial charge in [-0.1, -0.05) is 27.7 Å². The molecule has 0 fully saturated rings. The van der Waals surface area contributed by atoms with E-state index in [4.69, 9.17) is 11.5 Å². The molecule has 2 aromatic carbocycles. The number of rotatable bonds is 3. The number of aryl methyl sites for hydroxylation is 2. The van der Waals surface area contributed by atoms with Crippen LogP contribution in [0.25, 0.3) is 11.1 Å². The van der Waals surface area contributed by atoms with Crippen LogP contribution in [0.2, 0.25) is 0 Å². The van der Waals surface area contributed by atoms with Crippen molar-refractivity contribution >= 4 is 11.4 Å². The number of nitrogen functional groups attached to an aromatic ring is 2. The third-order valence-electron chi connectivity index (χ3n) is 4.41. The fourth-order valence-corrected chi connectivity index (χ4v) is 2.91. The highest BCUT2D eigenvalue weighted by atomic mass is 14.6. The molecule has 2 heteroatoms. The van der Waals surface area contributed by atoms with Crippen molar-refractivity contribution < 1.29 is 0 Å². The summed E-state index contributed by atoms with van der Waals surface area (Å²) in [6.45, 7) is 13.0. The van der Waals surface area contributed by atoms with E-state index in [1.54, 1.807) is 0 Å². The van der Waals surface area contributed by atoms with Crippen molar-refractivity contribution in [1.82, 2.24) is 0 Å². The van der Waals surface area contributed by atoms with Crippen molar-refractivity contribution in [1.29, 1.82) is 0 Å². The lowest BCUT2D eigenvalue weighted by molar-refractivity contribution is 0.856. The molecule has 4 N–H and O–H groups in total. The Hall–Kier alpha value is -1.96. The summed E-state index contributed by atoms with van der Waals surface area (Å²) in [5.41, 5.74) is 21.4. The van der Waals surface area contributed by atoms with Crippen molar-refractivity contribution in [3.63, 3.8) is 0 Å². The molecule has 0 saturated carbocycles. The molecule has 22 heavy (non-hydrogen) atoms. The third-order valence-corrected chi connectivity index (χ3v) is 4.41. The number of benzene rings is 2. The highest BCUT2D eigenvalue weighted by molar-refractivity contribution is 5.78. The summed E-state index contributed by atoms with van der Waals surface area (Å²) in [5, 5.41) is 0. The second-order valence-electron chi connectivity index (χ2n) is 6.90. The number of hydrogen-bond acceptors (Lipinski definition) is 2. The SMILES string of the molecule is Cc1cc(-c2cc(C)c(N)cc2C(C)C)c(C(C)C)cc1N. The zero-order valence-electron chi connectivity index (χ0n) is 14.6. The van der Waals surface area contributed by atoms with E-state index in [1.807, 2.05) is 0 Å². The second-order valence-corrected chi connectivity index (χ2v) is 6.90. The highest BCUT2D eigenvalue weighted by Crippen LogP contribution is 2.38. The Morgan fingerprint density at radius 3 is 1.23 bits per heavy atom. The lowest BCUT2D eigenvalue weighted by Gasteiger charge is -2.21. The molecule has 0 radical (unpaired) electrons. The van der Waals surface area contributed by atoms with Gasteiger partial charge in [0.25, 0.3) is 0 Å². The van der Waals surface area contributed by atoms with Gasteiger partial charge in [0.15, 0.2) is 0 Å². The van der Waals surface area contributed by atoms with Crippen molar-refractivity contribution in [2.24, 2.45) is 0 Å². The molecule has 0 aliphatic rings. The predicted molar refractivity (Wildman–Crippen MR) is 98.4 cm³/mol. The van der Waals surface area contributed by atoms with Crippen molar-refractivity contribution in [2.75, 3.05) is 11.5 Å². The first-order chi connectivity index (χ1) is 10.2. The van der Waals surface area contributed by atoms with Gasteiger partial charge in [-0.2, -0.15) is 0 Å². The molecule has 2 rings (SSSR count). The van der Waals surface area contributed by atoms with E-state index in [2.05, 4.69) is 65.8 Å². The Bertz CT molecular complexity index is 636. The molecule has 118 valence electrons. The van der Waals surface area contributed by atoms with Gasteiger partial charge in [-0.25, -0.2) is 0 Å². The summed E-state index contributed by atoms with van der Waals surface area (Å²) in [6.07, 6.45) is 0. The number of nitrogens with two attached hydrogens (primary N) is 2. The first kappa shape index (κ1) is 16.4. The van der Waals surface area contributed by atoms with Gasteiger partial charge < -0.3 is 11.5 Å². The van der Waals surface area contributed by atoms with Gasteiger partial charge in [-0.15, -0.1) is 0 Å². The van der Waals surface area contributed by atoms with E-state index in [0.717, 1.165) is 22.5 Å². The van der Waals surface area contributed by atoms with Crippen LogP contribution in [0.15, 0.2) is 24.3 Å². The van der Waals surface area contributed by atoms with E-state index in [1.165, 1.54) is 22.3 Å². The summed E-state index contributed by atoms with van der Waals surface area (Å²) in [7, 11) is 0. The zero-order valence-corrected chi connectivity index (χ0v) is 14.6. The topological polar surface area (TPSA) is 52.0 Å². The molecule has 0 amide bonds. The zero-order chi connectivity index (χ0) is 16.6. The molecule has 0 aliphatic heterocycles. The minimum Gasteiger partial charge on any atom is -0.399 e. The van der Waals surface area contributed by atoms with Crippen LogP contribution >= 0.6 is 0 Å². The van der Waals surface area contributed by atoms with Crippen molar-refractivity contribution in [3.05, 3.63) is 46.5 Å². The molecule has 0 aromatic heterocycles. The number of hydrogen-bond donors (Lipinski definition) is 2. The molecular weight excluding hydrogens is 268 g/mol. The lowest BCUT2D eigenvalue weighted by atomic mass is 9.84. The van der Waals surface area contributed by atoms with Gasteiger partial charge in [-0.3, -0.25) is 0 Å². The molecule has 0 atom stereocenters. The van der Waals surface area contributed by atoms with Crippen molar-refractivity contribution in [2.45, 2.75) is 53.4 Å². The van der Waals surface area contributed by atoms with Crippen molar-refractivity contribution in [3.8, 4) is 11.1 Å². The largest absolute Gasteiger partial charge is 0.399 e. The van der Waals surface area contributed by atoms with Gasteiger partial charge in [0.1, 0.15) is 0 Å². The minimum absolute atomic E-state index is 0.427. The summed E-state index contributed by atoms with van der Waals surface area (Å²) in [4.78, 5) is 0. The van der Waals surface area contributed by atoms with Crippen LogP contribution in [0.1, 0.15) is 61.8 Å². The monoisotopic (exact) mass is 296 g/mol. The summed E-state index contributed by atoms with van der Waals surface area (Å²) >= 11 is 0. The molecule has 2 nitrogen and oxygen atoms in total. The Labute approximate surface area is 134 Å². The fraction of sp³-hybridized carbons (Fsp3) is 0.400. The first-order valence-electron chi connectivity index (χ1n) is 8.02. The van der Waals surface area contributed by atoms with Crippen LogP contribution < -0.4 is 11.5 Å². The molecule has 2 aromatic rings. The maximum absolute atomic E-state index is 6.14. The Morgan fingerprint density at radius 2 is 0.955 bits per heavy atom. The first-order valence-corrected chi connectivity index (χ1v) is 8.02. The maximum Gasteiger partial charge on any atom is 0.0347 e. The molecule has 0 heterocycles. The normalized spacial score (nSPS) is 11.5. The van der Waals surface area contributed by atoms with E-state index < -0.39 is 0 Å². The van der Waals surface area contributed by atoms with Crippen LogP contribution in [0.3, 0.4) is 0 Å². The van der Waals surface area contributed by atoms with Gasteiger partial charge in [0.2, 0.25) is 0 Å². The van der Waals surface area contributed by atoms with Gasteiger partial charge >= 0.3 is 0 Å². The lowest BCUT2D eigenvalue weighted by Crippen LogP contribution is -2.03. The Kier molecular flexibility index (Phi) is 4.50. The van der Waals surface area contributed by atoms with E-state index in [9.17, 15) is 0 Å². The fourth-order valence-electron chi connectivity index (χ4n) is 2.91. The van der Waals surface area contributed by atoms with E-state index >= 15 is 0 Å². The van der Waals surface area contributed by atoms with E-state index in [0.29, 0.717) is 11.8 Å². The van der Waals surface area contributed by atoms with Crippen LogP contribution in [0.5, 0.6) is 0 Å². The Morgan fingerprint density at radius 1 is 0.636 bits per heavy atom. The standard InChI is InChI=1S/C20H28N2/c1-11(2)15-9-19(21)13(5)7-17(15)18-8-14(6)20(22)10-16(18)12(3)4/h7-12H,21-22H2,1-6H3. The summed E-state index contributed by atoms with van der Waals surface area (Å²) in [6, 6.07) is 8.71. The summed E-state index contributed by atoms with van der Waals surface area (Å²) < 4.78 is 0. The van der Waals surface area contributed by atoms with Crippen LogP contribution in [-0.2, 0) is 0 Å². The average Bonchev–Trinajstić information content (AvgIpc) is 2.43. The van der Waals surface area contributed by atoms with Gasteiger partial charge in [0.05, 0.1) is 0 Å².